The highest BCUT2D eigenvalue weighted by Crippen LogP contribution is 2.28. The fourth-order valence-corrected chi connectivity index (χ4v) is 4.05. The van der Waals surface area contributed by atoms with Gasteiger partial charge in [-0.05, 0) is 44.3 Å². The summed E-state index contributed by atoms with van der Waals surface area (Å²) in [6.45, 7) is 8.27. The number of hydrogen-bond donors (Lipinski definition) is 2. The first kappa shape index (κ1) is 22.4. The smallest absolute Gasteiger partial charge is 0.274 e. The third kappa shape index (κ3) is 4.92. The summed E-state index contributed by atoms with van der Waals surface area (Å²) in [5, 5.41) is 15.1. The summed E-state index contributed by atoms with van der Waals surface area (Å²) >= 11 is 0. The molecule has 0 radical (unpaired) electrons. The molecule has 1 unspecified atom stereocenters. The number of benzene rings is 1. The van der Waals surface area contributed by atoms with Gasteiger partial charge >= 0.3 is 0 Å². The summed E-state index contributed by atoms with van der Waals surface area (Å²) in [6.07, 6.45) is 4.06. The van der Waals surface area contributed by atoms with E-state index in [1.165, 1.54) is 0 Å². The van der Waals surface area contributed by atoms with Crippen LogP contribution < -0.4 is 10.6 Å². The molecule has 2 N–H and O–H groups in total. The molecule has 0 saturated carbocycles. The molecular formula is C21H32ClN5O. The lowest BCUT2D eigenvalue weighted by atomic mass is 9.88. The first-order chi connectivity index (χ1) is 13.2. The van der Waals surface area contributed by atoms with Gasteiger partial charge in [0.15, 0.2) is 5.69 Å². The molecule has 2 heterocycles. The van der Waals surface area contributed by atoms with Crippen LogP contribution in [0.4, 0.5) is 0 Å². The number of carbonyl (C=O) groups is 1. The molecule has 1 aromatic carbocycles. The zero-order chi connectivity index (χ0) is 19.2. The van der Waals surface area contributed by atoms with Crippen LogP contribution in [-0.2, 0) is 0 Å². The van der Waals surface area contributed by atoms with Gasteiger partial charge in [-0.25, -0.2) is 4.68 Å². The summed E-state index contributed by atoms with van der Waals surface area (Å²) in [5.74, 6) is 0.254. The minimum atomic E-state index is -0.131. The normalized spacial score (nSPS) is 15.9. The van der Waals surface area contributed by atoms with E-state index in [1.807, 2.05) is 29.8 Å². The standard InChI is InChI=1S/C21H31N5O.ClH/c1-4-16(5-2)20(17-9-7-6-8-10-17)23-21(27)19-15(3)26(25-24-19)18-11-13-22-14-12-18;/h6-10,16,18,20,22H,4-5,11-14H2,1-3H3,(H,23,27);1H. The van der Waals surface area contributed by atoms with Crippen LogP contribution in [0.1, 0.15) is 73.4 Å². The summed E-state index contributed by atoms with van der Waals surface area (Å²) in [5.41, 5.74) is 2.44. The Balaban J connectivity index is 0.00000280. The predicted molar refractivity (Wildman–Crippen MR) is 114 cm³/mol. The molecule has 1 fully saturated rings. The van der Waals surface area contributed by atoms with Crippen molar-refractivity contribution in [1.29, 1.82) is 0 Å². The SMILES string of the molecule is CCC(CC)C(NC(=O)c1nnn(C2CCNCC2)c1C)c1ccccc1.Cl. The summed E-state index contributed by atoms with van der Waals surface area (Å²) in [4.78, 5) is 13.0. The largest absolute Gasteiger partial charge is 0.343 e. The average molecular weight is 406 g/mol. The molecule has 7 heteroatoms. The molecule has 1 aromatic heterocycles. The number of nitrogens with zero attached hydrogens (tertiary/aromatic N) is 3. The van der Waals surface area contributed by atoms with Crippen LogP contribution in [0.2, 0.25) is 0 Å². The predicted octanol–water partition coefficient (Wildman–Crippen LogP) is 3.84. The number of aromatic nitrogens is 3. The Morgan fingerprint density at radius 2 is 1.86 bits per heavy atom. The van der Waals surface area contributed by atoms with Crippen LogP contribution in [-0.4, -0.2) is 34.0 Å². The zero-order valence-corrected chi connectivity index (χ0v) is 17.8. The highest BCUT2D eigenvalue weighted by molar-refractivity contribution is 5.93. The van der Waals surface area contributed by atoms with Crippen LogP contribution >= 0.6 is 12.4 Å². The van der Waals surface area contributed by atoms with Gasteiger partial charge in [0.05, 0.1) is 17.8 Å². The van der Waals surface area contributed by atoms with E-state index in [0.717, 1.165) is 50.0 Å². The first-order valence-corrected chi connectivity index (χ1v) is 10.1. The van der Waals surface area contributed by atoms with Crippen LogP contribution in [0.3, 0.4) is 0 Å². The molecule has 0 spiro atoms. The number of amides is 1. The van der Waals surface area contributed by atoms with Gasteiger partial charge in [-0.1, -0.05) is 62.2 Å². The Kier molecular flexibility index (Phi) is 8.45. The topological polar surface area (TPSA) is 71.8 Å². The fourth-order valence-electron chi connectivity index (χ4n) is 4.05. The van der Waals surface area contributed by atoms with Crippen molar-refractivity contribution in [2.24, 2.45) is 5.92 Å². The zero-order valence-electron chi connectivity index (χ0n) is 17.0. The lowest BCUT2D eigenvalue weighted by Gasteiger charge is -2.27. The molecule has 1 amide bonds. The average Bonchev–Trinajstić information content (AvgIpc) is 3.11. The number of carbonyl (C=O) groups excluding carboxylic acids is 1. The molecule has 1 saturated heterocycles. The van der Waals surface area contributed by atoms with E-state index in [1.54, 1.807) is 0 Å². The second kappa shape index (κ2) is 10.6. The van der Waals surface area contributed by atoms with Crippen LogP contribution in [0.15, 0.2) is 30.3 Å². The Morgan fingerprint density at radius 3 is 2.46 bits per heavy atom. The Hall–Kier alpha value is -1.92. The number of hydrogen-bond acceptors (Lipinski definition) is 4. The van der Waals surface area contributed by atoms with Gasteiger partial charge < -0.3 is 10.6 Å². The maximum Gasteiger partial charge on any atom is 0.274 e. The highest BCUT2D eigenvalue weighted by Gasteiger charge is 2.27. The third-order valence-corrected chi connectivity index (χ3v) is 5.76. The van der Waals surface area contributed by atoms with Crippen LogP contribution in [0.25, 0.3) is 0 Å². The Morgan fingerprint density at radius 1 is 1.21 bits per heavy atom. The van der Waals surface area contributed by atoms with Crippen molar-refractivity contribution in [2.75, 3.05) is 13.1 Å². The minimum absolute atomic E-state index is 0. The molecule has 1 aliphatic rings. The lowest BCUT2D eigenvalue weighted by molar-refractivity contribution is 0.0913. The maximum absolute atomic E-state index is 13.0. The van der Waals surface area contributed by atoms with Crippen molar-refractivity contribution in [1.82, 2.24) is 25.6 Å². The fraction of sp³-hybridized carbons (Fsp3) is 0.571. The molecule has 154 valence electrons. The van der Waals surface area contributed by atoms with E-state index < -0.39 is 0 Å². The highest BCUT2D eigenvalue weighted by atomic mass is 35.5. The molecule has 2 aromatic rings. The van der Waals surface area contributed by atoms with Crippen molar-refractivity contribution < 1.29 is 4.79 Å². The van der Waals surface area contributed by atoms with Crippen molar-refractivity contribution in [2.45, 2.75) is 58.5 Å². The summed E-state index contributed by atoms with van der Waals surface area (Å²) in [6, 6.07) is 10.5. The van der Waals surface area contributed by atoms with E-state index in [2.05, 4.69) is 46.9 Å². The van der Waals surface area contributed by atoms with Gasteiger partial charge in [0.1, 0.15) is 0 Å². The van der Waals surface area contributed by atoms with Gasteiger partial charge in [-0.3, -0.25) is 4.79 Å². The van der Waals surface area contributed by atoms with Gasteiger partial charge in [0, 0.05) is 0 Å². The van der Waals surface area contributed by atoms with Gasteiger partial charge in [-0.15, -0.1) is 17.5 Å². The molecule has 1 aliphatic heterocycles. The lowest BCUT2D eigenvalue weighted by Crippen LogP contribution is -2.34. The quantitative estimate of drug-likeness (QED) is 0.734. The third-order valence-electron chi connectivity index (χ3n) is 5.76. The monoisotopic (exact) mass is 405 g/mol. The van der Waals surface area contributed by atoms with E-state index in [0.29, 0.717) is 17.7 Å². The second-order valence-electron chi connectivity index (χ2n) is 7.39. The molecule has 28 heavy (non-hydrogen) atoms. The van der Waals surface area contributed by atoms with Crippen molar-refractivity contribution >= 4 is 18.3 Å². The van der Waals surface area contributed by atoms with Crippen LogP contribution in [0, 0.1) is 12.8 Å². The van der Waals surface area contributed by atoms with E-state index in [-0.39, 0.29) is 24.4 Å². The number of nitrogens with one attached hydrogen (secondary N) is 2. The number of rotatable bonds is 7. The van der Waals surface area contributed by atoms with Crippen molar-refractivity contribution in [3.63, 3.8) is 0 Å². The molecule has 1 atom stereocenters. The molecule has 3 rings (SSSR count). The van der Waals surface area contributed by atoms with Gasteiger partial charge in [0.25, 0.3) is 5.91 Å². The maximum atomic E-state index is 13.0. The number of piperidine rings is 1. The molecular weight excluding hydrogens is 374 g/mol. The molecule has 0 aliphatic carbocycles. The first-order valence-electron chi connectivity index (χ1n) is 10.1. The van der Waals surface area contributed by atoms with E-state index in [9.17, 15) is 4.79 Å². The van der Waals surface area contributed by atoms with E-state index in [4.69, 9.17) is 0 Å². The summed E-state index contributed by atoms with van der Waals surface area (Å²) < 4.78 is 1.93. The summed E-state index contributed by atoms with van der Waals surface area (Å²) in [7, 11) is 0. The Bertz CT molecular complexity index is 739. The van der Waals surface area contributed by atoms with Crippen molar-refractivity contribution in [3.8, 4) is 0 Å². The molecule has 0 bridgehead atoms. The van der Waals surface area contributed by atoms with Gasteiger partial charge in [0.2, 0.25) is 0 Å². The van der Waals surface area contributed by atoms with Crippen LogP contribution in [0.5, 0.6) is 0 Å². The minimum Gasteiger partial charge on any atom is -0.343 e. The van der Waals surface area contributed by atoms with Crippen molar-refractivity contribution in [3.05, 3.63) is 47.3 Å². The van der Waals surface area contributed by atoms with E-state index >= 15 is 0 Å². The van der Waals surface area contributed by atoms with Gasteiger partial charge in [-0.2, -0.15) is 0 Å². The number of halogens is 1. The second-order valence-corrected chi connectivity index (χ2v) is 7.39. The Labute approximate surface area is 173 Å². The molecule has 6 nitrogen and oxygen atoms in total.